The predicted octanol–water partition coefficient (Wildman–Crippen LogP) is 3.67. The fourth-order valence-corrected chi connectivity index (χ4v) is 2.81. The molecule has 0 bridgehead atoms. The zero-order chi connectivity index (χ0) is 19.4. The van der Waals surface area contributed by atoms with Crippen LogP contribution in [0.15, 0.2) is 46.4 Å². The molecule has 0 radical (unpaired) electrons. The number of hydrogen-bond acceptors (Lipinski definition) is 6. The topological polar surface area (TPSA) is 114 Å². The number of fused-ring (bicyclic) bond motifs is 1. The molecule has 1 heterocycles. The van der Waals surface area contributed by atoms with Crippen molar-refractivity contribution in [1.29, 1.82) is 5.26 Å². The van der Waals surface area contributed by atoms with Crippen molar-refractivity contribution in [3.8, 4) is 17.6 Å². The van der Waals surface area contributed by atoms with Gasteiger partial charge < -0.3 is 14.8 Å². The zero-order valence-electron chi connectivity index (χ0n) is 13.8. The largest absolute Gasteiger partial charge is 0.486 e. The standard InChI is InChI=1S/C18H12BrN3O5/c19-13-4-2-1-3-11(13)7-12(10-20)18(23)21-14-8-16-17(27-6-5-26-16)9-15(14)22(24)25/h1-4,7-9H,5-6H2,(H,21,23)/b12-7+. The second-order valence-electron chi connectivity index (χ2n) is 5.42. The van der Waals surface area contributed by atoms with E-state index in [1.807, 2.05) is 6.07 Å². The monoisotopic (exact) mass is 429 g/mol. The molecule has 136 valence electrons. The smallest absolute Gasteiger partial charge is 0.296 e. The maximum absolute atomic E-state index is 12.5. The van der Waals surface area contributed by atoms with Crippen LogP contribution in [0.3, 0.4) is 0 Å². The molecule has 0 aromatic heterocycles. The van der Waals surface area contributed by atoms with Crippen molar-refractivity contribution >= 4 is 39.3 Å². The number of nitro benzene ring substituents is 1. The number of benzene rings is 2. The highest BCUT2D eigenvalue weighted by molar-refractivity contribution is 9.10. The first-order valence-electron chi connectivity index (χ1n) is 7.75. The molecule has 8 nitrogen and oxygen atoms in total. The van der Waals surface area contributed by atoms with Crippen LogP contribution in [0.5, 0.6) is 11.5 Å². The summed E-state index contributed by atoms with van der Waals surface area (Å²) in [6.45, 7) is 0.576. The lowest BCUT2D eigenvalue weighted by atomic mass is 10.1. The minimum absolute atomic E-state index is 0.0810. The summed E-state index contributed by atoms with van der Waals surface area (Å²) in [4.78, 5) is 23.2. The lowest BCUT2D eigenvalue weighted by molar-refractivity contribution is -0.384. The Morgan fingerprint density at radius 3 is 2.56 bits per heavy atom. The molecule has 2 aromatic rings. The van der Waals surface area contributed by atoms with Crippen molar-refractivity contribution in [1.82, 2.24) is 0 Å². The van der Waals surface area contributed by atoms with Gasteiger partial charge in [-0.25, -0.2) is 0 Å². The van der Waals surface area contributed by atoms with E-state index in [2.05, 4.69) is 21.2 Å². The number of nitrogens with zero attached hydrogens (tertiary/aromatic N) is 2. The van der Waals surface area contributed by atoms with E-state index in [0.29, 0.717) is 16.6 Å². The molecule has 0 aliphatic carbocycles. The van der Waals surface area contributed by atoms with Crippen LogP contribution in [0.1, 0.15) is 5.56 Å². The van der Waals surface area contributed by atoms with Gasteiger partial charge in [-0.2, -0.15) is 5.26 Å². The van der Waals surface area contributed by atoms with Crippen LogP contribution in [-0.2, 0) is 4.79 Å². The number of carbonyl (C=O) groups is 1. The van der Waals surface area contributed by atoms with E-state index in [1.54, 1.807) is 24.3 Å². The van der Waals surface area contributed by atoms with E-state index in [4.69, 9.17) is 9.47 Å². The Labute approximate surface area is 162 Å². The van der Waals surface area contributed by atoms with Gasteiger partial charge in [-0.3, -0.25) is 14.9 Å². The van der Waals surface area contributed by atoms with Crippen LogP contribution >= 0.6 is 15.9 Å². The summed E-state index contributed by atoms with van der Waals surface area (Å²) in [5, 5.41) is 23.1. The van der Waals surface area contributed by atoms with Crippen LogP contribution in [-0.4, -0.2) is 24.0 Å². The lowest BCUT2D eigenvalue weighted by Crippen LogP contribution is -2.18. The first-order chi connectivity index (χ1) is 13.0. The van der Waals surface area contributed by atoms with Gasteiger partial charge in [-0.15, -0.1) is 0 Å². The van der Waals surface area contributed by atoms with Gasteiger partial charge in [0.15, 0.2) is 11.5 Å². The second kappa shape index (κ2) is 7.88. The van der Waals surface area contributed by atoms with Gasteiger partial charge in [0.2, 0.25) is 0 Å². The number of carbonyl (C=O) groups excluding carboxylic acids is 1. The van der Waals surface area contributed by atoms with Gasteiger partial charge in [-0.05, 0) is 17.7 Å². The molecule has 0 fully saturated rings. The summed E-state index contributed by atoms with van der Waals surface area (Å²) >= 11 is 3.34. The highest BCUT2D eigenvalue weighted by Gasteiger charge is 2.24. The van der Waals surface area contributed by atoms with Gasteiger partial charge in [0, 0.05) is 10.5 Å². The van der Waals surface area contributed by atoms with E-state index >= 15 is 0 Å². The highest BCUT2D eigenvalue weighted by Crippen LogP contribution is 2.39. The Kier molecular flexibility index (Phi) is 5.38. The normalized spacial score (nSPS) is 12.8. The predicted molar refractivity (Wildman–Crippen MR) is 100 cm³/mol. The SMILES string of the molecule is N#C/C(=C\c1ccccc1Br)C(=O)Nc1cc2c(cc1[N+](=O)[O-])OCCO2. The van der Waals surface area contributed by atoms with Crippen LogP contribution in [0.2, 0.25) is 0 Å². The molecule has 0 spiro atoms. The summed E-state index contributed by atoms with van der Waals surface area (Å²) in [6, 6.07) is 11.4. The maximum Gasteiger partial charge on any atom is 0.296 e. The zero-order valence-corrected chi connectivity index (χ0v) is 15.4. The van der Waals surface area contributed by atoms with E-state index in [9.17, 15) is 20.2 Å². The molecule has 3 rings (SSSR count). The quantitative estimate of drug-likeness (QED) is 0.343. The number of halogens is 1. The third-order valence-corrected chi connectivity index (χ3v) is 4.40. The first-order valence-corrected chi connectivity index (χ1v) is 8.54. The number of ether oxygens (including phenoxy) is 2. The molecular weight excluding hydrogens is 418 g/mol. The molecule has 1 aliphatic heterocycles. The molecule has 9 heteroatoms. The number of nitriles is 1. The number of nitro groups is 1. The van der Waals surface area contributed by atoms with E-state index in [-0.39, 0.29) is 35.1 Å². The van der Waals surface area contributed by atoms with Crippen molar-refractivity contribution < 1.29 is 19.2 Å². The molecule has 1 aliphatic rings. The summed E-state index contributed by atoms with van der Waals surface area (Å²) in [6.07, 6.45) is 1.39. The minimum Gasteiger partial charge on any atom is -0.486 e. The fourth-order valence-electron chi connectivity index (χ4n) is 2.42. The molecule has 0 atom stereocenters. The third kappa shape index (κ3) is 4.07. The third-order valence-electron chi connectivity index (χ3n) is 3.68. The van der Waals surface area contributed by atoms with Crippen molar-refractivity contribution in [2.45, 2.75) is 0 Å². The average molecular weight is 430 g/mol. The Morgan fingerprint density at radius 1 is 1.26 bits per heavy atom. The Bertz CT molecular complexity index is 997. The molecule has 1 amide bonds. The number of amides is 1. The van der Waals surface area contributed by atoms with Gasteiger partial charge in [-0.1, -0.05) is 34.1 Å². The number of anilines is 1. The average Bonchev–Trinajstić information content (AvgIpc) is 2.66. The Hall–Kier alpha value is -3.38. The van der Waals surface area contributed by atoms with Crippen molar-refractivity contribution in [3.05, 3.63) is 62.1 Å². The summed E-state index contributed by atoms with van der Waals surface area (Å²) in [5.74, 6) is -0.251. The van der Waals surface area contributed by atoms with Gasteiger partial charge >= 0.3 is 0 Å². The number of nitrogens with one attached hydrogen (secondary N) is 1. The maximum atomic E-state index is 12.5. The summed E-state index contributed by atoms with van der Waals surface area (Å²) in [7, 11) is 0. The molecule has 27 heavy (non-hydrogen) atoms. The van der Waals surface area contributed by atoms with E-state index in [1.165, 1.54) is 18.2 Å². The number of rotatable bonds is 4. The first kappa shape index (κ1) is 18.4. The summed E-state index contributed by atoms with van der Waals surface area (Å²) < 4.78 is 11.4. The number of hydrogen-bond donors (Lipinski definition) is 1. The van der Waals surface area contributed by atoms with Crippen LogP contribution in [0.4, 0.5) is 11.4 Å². The second-order valence-corrected chi connectivity index (χ2v) is 6.27. The van der Waals surface area contributed by atoms with E-state index in [0.717, 1.165) is 0 Å². The molecule has 0 saturated carbocycles. The molecule has 1 N–H and O–H groups in total. The minimum atomic E-state index is -0.770. The molecule has 0 unspecified atom stereocenters. The van der Waals surface area contributed by atoms with Crippen molar-refractivity contribution in [2.24, 2.45) is 0 Å². The van der Waals surface area contributed by atoms with Crippen LogP contribution in [0, 0.1) is 21.4 Å². The van der Waals surface area contributed by atoms with E-state index < -0.39 is 10.8 Å². The summed E-state index contributed by atoms with van der Waals surface area (Å²) in [5.41, 5.74) is -0.0136. The van der Waals surface area contributed by atoms with Crippen molar-refractivity contribution in [3.63, 3.8) is 0 Å². The highest BCUT2D eigenvalue weighted by atomic mass is 79.9. The molecule has 0 saturated heterocycles. The van der Waals surface area contributed by atoms with Gasteiger partial charge in [0.05, 0.1) is 11.0 Å². The van der Waals surface area contributed by atoms with Crippen molar-refractivity contribution in [2.75, 3.05) is 18.5 Å². The van der Waals surface area contributed by atoms with Crippen LogP contribution in [0.25, 0.3) is 6.08 Å². The fraction of sp³-hybridized carbons (Fsp3) is 0.111. The molecular formula is C18H12BrN3O5. The Balaban J connectivity index is 1.94. The van der Waals surface area contributed by atoms with Gasteiger partial charge in [0.1, 0.15) is 30.5 Å². The lowest BCUT2D eigenvalue weighted by Gasteiger charge is -2.19. The Morgan fingerprint density at radius 2 is 1.93 bits per heavy atom. The molecule has 2 aromatic carbocycles. The van der Waals surface area contributed by atoms with Crippen LogP contribution < -0.4 is 14.8 Å². The van der Waals surface area contributed by atoms with Gasteiger partial charge in [0.25, 0.3) is 11.6 Å².